The Bertz CT molecular complexity index is 477. The van der Waals surface area contributed by atoms with Gasteiger partial charge in [-0.1, -0.05) is 0 Å². The smallest absolute Gasteiger partial charge is 0.256 e. The standard InChI is InChI=1S/C14H18F2N2O/c1-9(17)10-3-2-6-18(8-10)14(19)12-7-11(15)4-5-13(12)16/h4-5,7,9-10H,2-3,6,8,17H2,1H3. The highest BCUT2D eigenvalue weighted by Crippen LogP contribution is 2.21. The van der Waals surface area contributed by atoms with Gasteiger partial charge in [-0.3, -0.25) is 4.79 Å². The van der Waals surface area contributed by atoms with Gasteiger partial charge in [0, 0.05) is 19.1 Å². The molecule has 0 saturated carbocycles. The van der Waals surface area contributed by atoms with Crippen LogP contribution < -0.4 is 5.73 Å². The van der Waals surface area contributed by atoms with Gasteiger partial charge in [-0.2, -0.15) is 0 Å². The van der Waals surface area contributed by atoms with Crippen molar-refractivity contribution in [3.8, 4) is 0 Å². The number of amides is 1. The zero-order valence-corrected chi connectivity index (χ0v) is 10.9. The number of rotatable bonds is 2. The van der Waals surface area contributed by atoms with Gasteiger partial charge in [-0.25, -0.2) is 8.78 Å². The summed E-state index contributed by atoms with van der Waals surface area (Å²) < 4.78 is 26.7. The Hall–Kier alpha value is -1.49. The number of hydrogen-bond donors (Lipinski definition) is 1. The van der Waals surface area contributed by atoms with Gasteiger partial charge in [0.15, 0.2) is 0 Å². The van der Waals surface area contributed by atoms with Gasteiger partial charge in [0.25, 0.3) is 5.91 Å². The number of likely N-dealkylation sites (tertiary alicyclic amines) is 1. The molecule has 1 amide bonds. The molecule has 0 aromatic heterocycles. The second kappa shape index (κ2) is 5.65. The minimum absolute atomic E-state index is 0.00652. The molecule has 0 bridgehead atoms. The number of hydrogen-bond acceptors (Lipinski definition) is 2. The molecular weight excluding hydrogens is 250 g/mol. The van der Waals surface area contributed by atoms with Crippen LogP contribution >= 0.6 is 0 Å². The highest BCUT2D eigenvalue weighted by Gasteiger charge is 2.27. The number of nitrogens with two attached hydrogens (primary N) is 1. The summed E-state index contributed by atoms with van der Waals surface area (Å²) in [5.74, 6) is -1.53. The Labute approximate surface area is 111 Å². The molecule has 0 aliphatic carbocycles. The monoisotopic (exact) mass is 268 g/mol. The highest BCUT2D eigenvalue weighted by atomic mass is 19.1. The molecule has 3 nitrogen and oxygen atoms in total. The second-order valence-corrected chi connectivity index (χ2v) is 5.14. The van der Waals surface area contributed by atoms with Gasteiger partial charge in [0.2, 0.25) is 0 Å². The van der Waals surface area contributed by atoms with Crippen LogP contribution in [0.15, 0.2) is 18.2 Å². The molecule has 2 unspecified atom stereocenters. The van der Waals surface area contributed by atoms with Crippen molar-refractivity contribution in [1.82, 2.24) is 4.90 Å². The number of nitrogens with zero attached hydrogens (tertiary/aromatic N) is 1. The highest BCUT2D eigenvalue weighted by molar-refractivity contribution is 5.94. The van der Waals surface area contributed by atoms with Crippen molar-refractivity contribution < 1.29 is 13.6 Å². The number of benzene rings is 1. The third-order valence-corrected chi connectivity index (χ3v) is 3.65. The van der Waals surface area contributed by atoms with Crippen LogP contribution in [0.1, 0.15) is 30.1 Å². The molecule has 0 radical (unpaired) electrons. The molecule has 1 saturated heterocycles. The predicted molar refractivity (Wildman–Crippen MR) is 68.6 cm³/mol. The topological polar surface area (TPSA) is 46.3 Å². The summed E-state index contributed by atoms with van der Waals surface area (Å²) in [7, 11) is 0. The maximum Gasteiger partial charge on any atom is 0.256 e. The van der Waals surface area contributed by atoms with Gasteiger partial charge in [0.1, 0.15) is 11.6 Å². The molecule has 2 N–H and O–H groups in total. The quantitative estimate of drug-likeness (QED) is 0.893. The van der Waals surface area contributed by atoms with Crippen molar-refractivity contribution in [3.63, 3.8) is 0 Å². The van der Waals surface area contributed by atoms with E-state index in [1.165, 1.54) is 0 Å². The van der Waals surface area contributed by atoms with Crippen molar-refractivity contribution in [3.05, 3.63) is 35.4 Å². The lowest BCUT2D eigenvalue weighted by Crippen LogP contribution is -2.45. The van der Waals surface area contributed by atoms with Gasteiger partial charge >= 0.3 is 0 Å². The minimum atomic E-state index is -0.686. The summed E-state index contributed by atoms with van der Waals surface area (Å²) in [5.41, 5.74) is 5.65. The predicted octanol–water partition coefficient (Wildman–Crippen LogP) is 2.16. The van der Waals surface area contributed by atoms with E-state index < -0.39 is 17.5 Å². The van der Waals surface area contributed by atoms with E-state index >= 15 is 0 Å². The minimum Gasteiger partial charge on any atom is -0.338 e. The van der Waals surface area contributed by atoms with E-state index in [-0.39, 0.29) is 17.5 Å². The summed E-state index contributed by atoms with van der Waals surface area (Å²) in [4.78, 5) is 13.8. The number of piperidine rings is 1. The average molecular weight is 268 g/mol. The Kier molecular flexibility index (Phi) is 4.14. The summed E-state index contributed by atoms with van der Waals surface area (Å²) in [6, 6.07) is 2.93. The van der Waals surface area contributed by atoms with Gasteiger partial charge < -0.3 is 10.6 Å². The lowest BCUT2D eigenvalue weighted by atomic mass is 9.92. The van der Waals surface area contributed by atoms with Crippen LogP contribution in [0.25, 0.3) is 0 Å². The van der Waals surface area contributed by atoms with Crippen LogP contribution in [-0.4, -0.2) is 29.9 Å². The van der Waals surface area contributed by atoms with Crippen molar-refractivity contribution in [1.29, 1.82) is 0 Å². The molecule has 1 aliphatic heterocycles. The van der Waals surface area contributed by atoms with Crippen LogP contribution in [-0.2, 0) is 0 Å². The molecular formula is C14H18F2N2O. The van der Waals surface area contributed by atoms with E-state index in [9.17, 15) is 13.6 Å². The maximum absolute atomic E-state index is 13.6. The van der Waals surface area contributed by atoms with Crippen LogP contribution in [0.2, 0.25) is 0 Å². The zero-order chi connectivity index (χ0) is 14.0. The molecule has 1 heterocycles. The summed E-state index contributed by atoms with van der Waals surface area (Å²) >= 11 is 0. The zero-order valence-electron chi connectivity index (χ0n) is 10.9. The molecule has 19 heavy (non-hydrogen) atoms. The van der Waals surface area contributed by atoms with Crippen LogP contribution in [0.3, 0.4) is 0 Å². The van der Waals surface area contributed by atoms with Crippen LogP contribution in [0.5, 0.6) is 0 Å². The molecule has 1 aromatic carbocycles. The molecule has 0 spiro atoms. The van der Waals surface area contributed by atoms with Crippen molar-refractivity contribution in [2.45, 2.75) is 25.8 Å². The summed E-state index contributed by atoms with van der Waals surface area (Å²) in [6.07, 6.45) is 1.81. The SMILES string of the molecule is CC(N)C1CCCN(C(=O)c2cc(F)ccc2F)C1. The first-order valence-electron chi connectivity index (χ1n) is 6.49. The normalized spacial score (nSPS) is 21.3. The fourth-order valence-corrected chi connectivity index (χ4v) is 2.46. The largest absolute Gasteiger partial charge is 0.338 e. The van der Waals surface area contributed by atoms with E-state index in [4.69, 9.17) is 5.73 Å². The first-order chi connectivity index (χ1) is 8.99. The van der Waals surface area contributed by atoms with E-state index in [2.05, 4.69) is 0 Å². The number of carbonyl (C=O) groups excluding carboxylic acids is 1. The lowest BCUT2D eigenvalue weighted by molar-refractivity contribution is 0.0655. The Balaban J connectivity index is 2.17. The van der Waals surface area contributed by atoms with Crippen LogP contribution in [0.4, 0.5) is 8.78 Å². The second-order valence-electron chi connectivity index (χ2n) is 5.14. The number of halogens is 2. The van der Waals surface area contributed by atoms with Crippen molar-refractivity contribution in [2.75, 3.05) is 13.1 Å². The maximum atomic E-state index is 13.6. The van der Waals surface area contributed by atoms with Crippen molar-refractivity contribution in [2.24, 2.45) is 11.7 Å². The molecule has 1 aliphatic rings. The average Bonchev–Trinajstić information content (AvgIpc) is 2.41. The number of carbonyl (C=O) groups is 1. The van der Waals surface area contributed by atoms with E-state index in [0.717, 1.165) is 31.0 Å². The Morgan fingerprint density at radius 2 is 2.21 bits per heavy atom. The van der Waals surface area contributed by atoms with E-state index in [1.807, 2.05) is 6.92 Å². The molecule has 1 aromatic rings. The lowest BCUT2D eigenvalue weighted by Gasteiger charge is -2.34. The summed E-state index contributed by atoms with van der Waals surface area (Å²) in [6.45, 7) is 2.98. The van der Waals surface area contributed by atoms with Gasteiger partial charge in [-0.05, 0) is 43.9 Å². The fourth-order valence-electron chi connectivity index (χ4n) is 2.46. The van der Waals surface area contributed by atoms with E-state index in [0.29, 0.717) is 13.1 Å². The first kappa shape index (κ1) is 13.9. The first-order valence-corrected chi connectivity index (χ1v) is 6.49. The third-order valence-electron chi connectivity index (χ3n) is 3.65. The molecule has 2 rings (SSSR count). The van der Waals surface area contributed by atoms with Crippen LogP contribution in [0, 0.1) is 17.6 Å². The fraction of sp³-hybridized carbons (Fsp3) is 0.500. The molecule has 104 valence electrons. The van der Waals surface area contributed by atoms with Crippen molar-refractivity contribution >= 4 is 5.91 Å². The summed E-state index contributed by atoms with van der Waals surface area (Å²) in [5, 5.41) is 0. The van der Waals surface area contributed by atoms with Gasteiger partial charge in [-0.15, -0.1) is 0 Å². The van der Waals surface area contributed by atoms with Gasteiger partial charge in [0.05, 0.1) is 5.56 Å². The Morgan fingerprint density at radius 1 is 1.47 bits per heavy atom. The van der Waals surface area contributed by atoms with E-state index in [1.54, 1.807) is 4.90 Å². The third kappa shape index (κ3) is 3.10. The Morgan fingerprint density at radius 3 is 2.89 bits per heavy atom. The molecule has 5 heteroatoms. The molecule has 1 fully saturated rings. The molecule has 2 atom stereocenters.